The van der Waals surface area contributed by atoms with Crippen LogP contribution in [0.5, 0.6) is 0 Å². The molecule has 0 saturated heterocycles. The molecule has 104 valence electrons. The maximum atomic E-state index is 13.4. The van der Waals surface area contributed by atoms with Crippen LogP contribution < -0.4 is 5.43 Å². The summed E-state index contributed by atoms with van der Waals surface area (Å²) < 4.78 is 31.4. The van der Waals surface area contributed by atoms with Crippen LogP contribution in [0.4, 0.5) is 13.6 Å². The molecule has 0 aromatic heterocycles. The minimum absolute atomic E-state index is 0.0175. The zero-order valence-corrected chi connectivity index (χ0v) is 11.3. The van der Waals surface area contributed by atoms with Gasteiger partial charge in [-0.3, -0.25) is 0 Å². The normalized spacial score (nSPS) is 12.2. The van der Waals surface area contributed by atoms with E-state index in [0.717, 1.165) is 6.07 Å². The van der Waals surface area contributed by atoms with Crippen molar-refractivity contribution in [2.75, 3.05) is 0 Å². The van der Waals surface area contributed by atoms with Crippen molar-refractivity contribution in [1.82, 2.24) is 5.43 Å². The molecule has 0 saturated carbocycles. The Morgan fingerprint density at radius 1 is 1.32 bits per heavy atom. The molecule has 1 aromatic rings. The topological polar surface area (TPSA) is 50.7 Å². The van der Waals surface area contributed by atoms with Crippen LogP contribution in [-0.2, 0) is 4.74 Å². The van der Waals surface area contributed by atoms with Crippen LogP contribution in [0.1, 0.15) is 33.3 Å². The monoisotopic (exact) mass is 270 g/mol. The first-order valence-electron chi connectivity index (χ1n) is 5.68. The number of halogens is 2. The Labute approximate surface area is 110 Å². The number of nitrogens with zero attached hydrogens (tertiary/aromatic N) is 1. The van der Waals surface area contributed by atoms with Crippen molar-refractivity contribution < 1.29 is 18.3 Å². The number of ether oxygens (including phenoxy) is 1. The smallest absolute Gasteiger partial charge is 0.428 e. The number of benzene rings is 1. The van der Waals surface area contributed by atoms with E-state index >= 15 is 0 Å². The molecule has 1 rings (SSSR count). The van der Waals surface area contributed by atoms with Gasteiger partial charge in [0.1, 0.15) is 5.60 Å². The number of hydrazone groups is 1. The molecular formula is C13H16F2N2O2. The van der Waals surface area contributed by atoms with Crippen molar-refractivity contribution in [1.29, 1.82) is 0 Å². The Morgan fingerprint density at radius 3 is 2.53 bits per heavy atom. The molecule has 0 bridgehead atoms. The van der Waals surface area contributed by atoms with Gasteiger partial charge in [-0.1, -0.05) is 6.07 Å². The molecule has 0 aliphatic carbocycles. The maximum Gasteiger partial charge on any atom is 0.428 e. The fourth-order valence-corrected chi connectivity index (χ4v) is 1.27. The summed E-state index contributed by atoms with van der Waals surface area (Å²) >= 11 is 0. The summed E-state index contributed by atoms with van der Waals surface area (Å²) in [6.45, 7) is 6.56. The van der Waals surface area contributed by atoms with Gasteiger partial charge in [-0.05, 0) is 39.8 Å². The van der Waals surface area contributed by atoms with Gasteiger partial charge >= 0.3 is 6.09 Å². The van der Waals surface area contributed by atoms with Crippen LogP contribution in [0.25, 0.3) is 0 Å². The van der Waals surface area contributed by atoms with Gasteiger partial charge < -0.3 is 4.74 Å². The summed E-state index contributed by atoms with van der Waals surface area (Å²) in [6.07, 6.45) is -0.760. The molecule has 19 heavy (non-hydrogen) atoms. The second-order valence-corrected chi connectivity index (χ2v) is 4.91. The quantitative estimate of drug-likeness (QED) is 0.662. The molecule has 0 radical (unpaired) electrons. The summed E-state index contributed by atoms with van der Waals surface area (Å²) in [5.41, 5.74) is 1.59. The third-order valence-electron chi connectivity index (χ3n) is 2.06. The van der Waals surface area contributed by atoms with Crippen LogP contribution in [0.3, 0.4) is 0 Å². The molecule has 0 unspecified atom stereocenters. The SMILES string of the molecule is C/C(=N/NC(=O)OC(C)(C)C)c1cccc(F)c1F. The first kappa shape index (κ1) is 15.1. The minimum atomic E-state index is -1.00. The summed E-state index contributed by atoms with van der Waals surface area (Å²) in [6, 6.07) is 3.74. The molecule has 0 atom stereocenters. The molecule has 0 spiro atoms. The first-order valence-corrected chi connectivity index (χ1v) is 5.68. The van der Waals surface area contributed by atoms with Crippen molar-refractivity contribution in [3.63, 3.8) is 0 Å². The average Bonchev–Trinajstić information content (AvgIpc) is 2.27. The van der Waals surface area contributed by atoms with Gasteiger partial charge in [0, 0.05) is 5.56 Å². The molecule has 6 heteroatoms. The number of carbonyl (C=O) groups is 1. The fourth-order valence-electron chi connectivity index (χ4n) is 1.27. The molecule has 0 heterocycles. The zero-order valence-electron chi connectivity index (χ0n) is 11.3. The lowest BCUT2D eigenvalue weighted by atomic mass is 10.1. The van der Waals surface area contributed by atoms with Crippen molar-refractivity contribution in [3.05, 3.63) is 35.4 Å². The zero-order chi connectivity index (χ0) is 14.6. The Morgan fingerprint density at radius 2 is 1.95 bits per heavy atom. The average molecular weight is 270 g/mol. The highest BCUT2D eigenvalue weighted by Crippen LogP contribution is 2.12. The van der Waals surface area contributed by atoms with E-state index in [1.165, 1.54) is 19.1 Å². The minimum Gasteiger partial charge on any atom is -0.443 e. The van der Waals surface area contributed by atoms with E-state index in [1.54, 1.807) is 20.8 Å². The highest BCUT2D eigenvalue weighted by Gasteiger charge is 2.16. The van der Waals surface area contributed by atoms with Crippen LogP contribution in [0.15, 0.2) is 23.3 Å². The number of carbonyl (C=O) groups excluding carboxylic acids is 1. The lowest BCUT2D eigenvalue weighted by molar-refractivity contribution is 0.0529. The summed E-state index contributed by atoms with van der Waals surface area (Å²) in [5.74, 6) is -1.97. The molecule has 1 N–H and O–H groups in total. The number of amides is 1. The van der Waals surface area contributed by atoms with Crippen molar-refractivity contribution in [2.24, 2.45) is 5.10 Å². The second-order valence-electron chi connectivity index (χ2n) is 4.91. The van der Waals surface area contributed by atoms with Crippen molar-refractivity contribution in [2.45, 2.75) is 33.3 Å². The number of hydrogen-bond acceptors (Lipinski definition) is 3. The lowest BCUT2D eigenvalue weighted by Gasteiger charge is -2.18. The molecule has 0 aliphatic rings. The fraction of sp³-hybridized carbons (Fsp3) is 0.385. The van der Waals surface area contributed by atoms with Gasteiger partial charge in [0.25, 0.3) is 0 Å². The molecule has 4 nitrogen and oxygen atoms in total. The number of nitrogens with one attached hydrogen (secondary N) is 1. The van der Waals surface area contributed by atoms with E-state index in [4.69, 9.17) is 4.74 Å². The first-order chi connectivity index (χ1) is 8.70. The van der Waals surface area contributed by atoms with E-state index in [1.807, 2.05) is 0 Å². The van der Waals surface area contributed by atoms with Crippen LogP contribution in [0.2, 0.25) is 0 Å². The van der Waals surface area contributed by atoms with E-state index < -0.39 is 23.3 Å². The standard InChI is InChI=1S/C13H16F2N2O2/c1-8(9-6-5-7-10(14)11(9)15)16-17-12(18)19-13(2,3)4/h5-7H,1-4H3,(H,17,18)/b16-8-. The Balaban J connectivity index is 2.78. The van der Waals surface area contributed by atoms with Gasteiger partial charge in [0.15, 0.2) is 11.6 Å². The molecule has 0 fully saturated rings. The third kappa shape index (κ3) is 4.65. The predicted octanol–water partition coefficient (Wildman–Crippen LogP) is 3.21. The van der Waals surface area contributed by atoms with Crippen LogP contribution in [0, 0.1) is 11.6 Å². The molecule has 0 aliphatic heterocycles. The Kier molecular flexibility index (Phi) is 4.58. The second kappa shape index (κ2) is 5.77. The summed E-state index contributed by atoms with van der Waals surface area (Å²) in [4.78, 5) is 11.3. The van der Waals surface area contributed by atoms with Gasteiger partial charge in [0.05, 0.1) is 5.71 Å². The van der Waals surface area contributed by atoms with Crippen molar-refractivity contribution >= 4 is 11.8 Å². The van der Waals surface area contributed by atoms with Crippen LogP contribution >= 0.6 is 0 Å². The lowest BCUT2D eigenvalue weighted by Crippen LogP contribution is -2.30. The Hall–Kier alpha value is -1.98. The number of hydrogen-bond donors (Lipinski definition) is 1. The van der Waals surface area contributed by atoms with E-state index in [0.29, 0.717) is 0 Å². The van der Waals surface area contributed by atoms with Crippen molar-refractivity contribution in [3.8, 4) is 0 Å². The highest BCUT2D eigenvalue weighted by atomic mass is 19.2. The largest absolute Gasteiger partial charge is 0.443 e. The Bertz CT molecular complexity index is 508. The third-order valence-corrected chi connectivity index (χ3v) is 2.06. The van der Waals surface area contributed by atoms with E-state index in [2.05, 4.69) is 10.5 Å². The van der Waals surface area contributed by atoms with Crippen LogP contribution in [-0.4, -0.2) is 17.4 Å². The highest BCUT2D eigenvalue weighted by molar-refractivity contribution is 5.99. The van der Waals surface area contributed by atoms with Gasteiger partial charge in [-0.25, -0.2) is 19.0 Å². The summed E-state index contributed by atoms with van der Waals surface area (Å²) in [5, 5.41) is 3.67. The predicted molar refractivity (Wildman–Crippen MR) is 67.9 cm³/mol. The van der Waals surface area contributed by atoms with E-state index in [9.17, 15) is 13.6 Å². The molecule has 1 aromatic carbocycles. The van der Waals surface area contributed by atoms with Gasteiger partial charge in [-0.2, -0.15) is 5.10 Å². The maximum absolute atomic E-state index is 13.4. The molecular weight excluding hydrogens is 254 g/mol. The van der Waals surface area contributed by atoms with Gasteiger partial charge in [-0.15, -0.1) is 0 Å². The molecule has 1 amide bonds. The van der Waals surface area contributed by atoms with Gasteiger partial charge in [0.2, 0.25) is 0 Å². The van der Waals surface area contributed by atoms with E-state index in [-0.39, 0.29) is 11.3 Å². The summed E-state index contributed by atoms with van der Waals surface area (Å²) in [7, 11) is 0. The number of rotatable bonds is 2.